The van der Waals surface area contributed by atoms with Crippen LogP contribution in [-0.4, -0.2) is 66.8 Å². The third-order valence-corrected chi connectivity index (χ3v) is 9.22. The molecule has 0 fully saturated rings. The van der Waals surface area contributed by atoms with Crippen molar-refractivity contribution < 1.29 is 37.4 Å². The second-order valence-electron chi connectivity index (χ2n) is 10.5. The molecule has 1 aliphatic rings. The van der Waals surface area contributed by atoms with E-state index in [0.29, 0.717) is 53.3 Å². The van der Waals surface area contributed by atoms with Gasteiger partial charge in [0.15, 0.2) is 0 Å². The number of carbonyl (C=O) groups is 3. The Morgan fingerprint density at radius 1 is 0.818 bits per heavy atom. The van der Waals surface area contributed by atoms with Gasteiger partial charge in [-0.2, -0.15) is 4.31 Å². The highest BCUT2D eigenvalue weighted by molar-refractivity contribution is 7.89. The van der Waals surface area contributed by atoms with Crippen LogP contribution in [0.1, 0.15) is 71.4 Å². The molecular formula is C33H38N2O8S. The Hall–Kier alpha value is -4.22. The zero-order valence-electron chi connectivity index (χ0n) is 25.0. The molecule has 11 heteroatoms. The van der Waals surface area contributed by atoms with Crippen LogP contribution in [-0.2, 0) is 27.8 Å². The standard InChI is InChI=1S/C33H38N2O8S/c1-3-5-20-42-26-13-15-28(16-14-26)44(40,41)34(18-4-2)19-21-43-27-12-10-24(11-17-31(36)37)25(22-27)23-35-32(38)29-8-6-7-9-30(29)33(35)39/h6-10,12-16,22H,3-5,11,17-21,23H2,1-2H3,(H,36,37). The van der Waals surface area contributed by atoms with E-state index in [1.54, 1.807) is 66.7 Å². The molecule has 0 bridgehead atoms. The maximum atomic E-state index is 13.4. The number of amides is 2. The van der Waals surface area contributed by atoms with Crippen LogP contribution in [0.2, 0.25) is 0 Å². The Morgan fingerprint density at radius 2 is 1.45 bits per heavy atom. The Bertz CT molecular complexity index is 1550. The Kier molecular flexibility index (Phi) is 11.1. The van der Waals surface area contributed by atoms with Gasteiger partial charge in [0.1, 0.15) is 18.1 Å². The van der Waals surface area contributed by atoms with Gasteiger partial charge in [-0.05, 0) is 78.9 Å². The molecule has 44 heavy (non-hydrogen) atoms. The lowest BCUT2D eigenvalue weighted by Crippen LogP contribution is -2.35. The second kappa shape index (κ2) is 15.0. The van der Waals surface area contributed by atoms with Crippen LogP contribution in [0.5, 0.6) is 11.5 Å². The molecule has 1 heterocycles. The summed E-state index contributed by atoms with van der Waals surface area (Å²) in [5, 5.41) is 9.22. The van der Waals surface area contributed by atoms with Crippen LogP contribution in [0, 0.1) is 0 Å². The van der Waals surface area contributed by atoms with E-state index in [1.165, 1.54) is 4.31 Å². The Morgan fingerprint density at radius 3 is 2.07 bits per heavy atom. The molecule has 0 saturated carbocycles. The van der Waals surface area contributed by atoms with Crippen molar-refractivity contribution in [1.82, 2.24) is 9.21 Å². The molecule has 4 rings (SSSR count). The number of ether oxygens (including phenoxy) is 2. The lowest BCUT2D eigenvalue weighted by molar-refractivity contribution is -0.136. The third kappa shape index (κ3) is 7.83. The molecule has 0 aliphatic carbocycles. The highest BCUT2D eigenvalue weighted by atomic mass is 32.2. The molecular weight excluding hydrogens is 584 g/mol. The van der Waals surface area contributed by atoms with E-state index in [-0.39, 0.29) is 37.4 Å². The van der Waals surface area contributed by atoms with Crippen LogP contribution < -0.4 is 9.47 Å². The van der Waals surface area contributed by atoms with Crippen molar-refractivity contribution in [2.75, 3.05) is 26.3 Å². The van der Waals surface area contributed by atoms with Gasteiger partial charge in [0.05, 0.1) is 29.2 Å². The first-order valence-electron chi connectivity index (χ1n) is 14.8. The van der Waals surface area contributed by atoms with E-state index >= 15 is 0 Å². The quantitative estimate of drug-likeness (QED) is 0.161. The van der Waals surface area contributed by atoms with Crippen LogP contribution in [0.3, 0.4) is 0 Å². The molecule has 1 N–H and O–H groups in total. The topological polar surface area (TPSA) is 131 Å². The number of hydrogen-bond donors (Lipinski definition) is 1. The second-order valence-corrected chi connectivity index (χ2v) is 12.4. The third-order valence-electron chi connectivity index (χ3n) is 7.30. The molecule has 234 valence electrons. The number of imide groups is 1. The molecule has 0 atom stereocenters. The average Bonchev–Trinajstić information content (AvgIpc) is 3.25. The number of unbranched alkanes of at least 4 members (excludes halogenated alkanes) is 1. The predicted molar refractivity (Wildman–Crippen MR) is 164 cm³/mol. The van der Waals surface area contributed by atoms with Crippen molar-refractivity contribution in [3.8, 4) is 11.5 Å². The lowest BCUT2D eigenvalue weighted by atomic mass is 10.0. The minimum Gasteiger partial charge on any atom is -0.494 e. The number of carboxylic acid groups (broad SMARTS) is 1. The van der Waals surface area contributed by atoms with Gasteiger partial charge in [-0.15, -0.1) is 0 Å². The number of sulfonamides is 1. The zero-order chi connectivity index (χ0) is 31.7. The van der Waals surface area contributed by atoms with Gasteiger partial charge < -0.3 is 14.6 Å². The highest BCUT2D eigenvalue weighted by Crippen LogP contribution is 2.28. The van der Waals surface area contributed by atoms with E-state index in [0.717, 1.165) is 17.7 Å². The van der Waals surface area contributed by atoms with Crippen LogP contribution in [0.4, 0.5) is 0 Å². The van der Waals surface area contributed by atoms with E-state index in [1.807, 2.05) is 6.92 Å². The first kappa shape index (κ1) is 32.7. The molecule has 2 amide bonds. The van der Waals surface area contributed by atoms with Gasteiger partial charge in [0, 0.05) is 19.5 Å². The molecule has 3 aromatic rings. The average molecular weight is 623 g/mol. The lowest BCUT2D eigenvalue weighted by Gasteiger charge is -2.22. The minimum atomic E-state index is -3.78. The summed E-state index contributed by atoms with van der Waals surface area (Å²) < 4.78 is 39.8. The molecule has 0 unspecified atom stereocenters. The smallest absolute Gasteiger partial charge is 0.303 e. The predicted octanol–water partition coefficient (Wildman–Crippen LogP) is 5.16. The molecule has 0 spiro atoms. The van der Waals surface area contributed by atoms with E-state index in [4.69, 9.17) is 9.47 Å². The summed E-state index contributed by atoms with van der Waals surface area (Å²) in [4.78, 5) is 38.5. The monoisotopic (exact) mass is 622 g/mol. The first-order chi connectivity index (χ1) is 21.1. The van der Waals surface area contributed by atoms with Gasteiger partial charge in [-0.3, -0.25) is 19.3 Å². The number of carbonyl (C=O) groups excluding carboxylic acids is 2. The summed E-state index contributed by atoms with van der Waals surface area (Å²) in [7, 11) is -3.78. The molecule has 0 radical (unpaired) electrons. The van der Waals surface area contributed by atoms with Crippen molar-refractivity contribution in [3.05, 3.63) is 89.0 Å². The Labute approximate surface area is 258 Å². The Balaban J connectivity index is 1.46. The summed E-state index contributed by atoms with van der Waals surface area (Å²) in [6, 6.07) is 18.1. The van der Waals surface area contributed by atoms with E-state index < -0.39 is 27.8 Å². The number of carboxylic acids is 1. The fourth-order valence-electron chi connectivity index (χ4n) is 4.94. The van der Waals surface area contributed by atoms with Crippen molar-refractivity contribution >= 4 is 27.8 Å². The van der Waals surface area contributed by atoms with E-state index in [2.05, 4.69) is 6.92 Å². The molecule has 0 saturated heterocycles. The first-order valence-corrected chi connectivity index (χ1v) is 16.2. The van der Waals surface area contributed by atoms with Crippen molar-refractivity contribution in [2.45, 2.75) is 57.4 Å². The molecule has 10 nitrogen and oxygen atoms in total. The van der Waals surface area contributed by atoms with Crippen LogP contribution in [0.25, 0.3) is 0 Å². The number of hydrogen-bond acceptors (Lipinski definition) is 7. The maximum absolute atomic E-state index is 13.4. The van der Waals surface area contributed by atoms with Gasteiger partial charge in [0.25, 0.3) is 11.8 Å². The van der Waals surface area contributed by atoms with Crippen molar-refractivity contribution in [2.24, 2.45) is 0 Å². The summed E-state index contributed by atoms with van der Waals surface area (Å²) in [5.41, 5.74) is 1.91. The van der Waals surface area contributed by atoms with Crippen molar-refractivity contribution in [1.29, 1.82) is 0 Å². The van der Waals surface area contributed by atoms with Crippen LogP contribution in [0.15, 0.2) is 71.6 Å². The number of aryl methyl sites for hydroxylation is 1. The number of aliphatic carboxylic acids is 1. The summed E-state index contributed by atoms with van der Waals surface area (Å²) in [5.74, 6) is -0.762. The molecule has 1 aliphatic heterocycles. The fourth-order valence-corrected chi connectivity index (χ4v) is 6.45. The maximum Gasteiger partial charge on any atom is 0.303 e. The van der Waals surface area contributed by atoms with Crippen molar-refractivity contribution in [3.63, 3.8) is 0 Å². The largest absolute Gasteiger partial charge is 0.494 e. The zero-order valence-corrected chi connectivity index (χ0v) is 25.8. The number of nitrogens with zero attached hydrogens (tertiary/aromatic N) is 2. The minimum absolute atomic E-state index is 0.0486. The van der Waals surface area contributed by atoms with E-state index in [9.17, 15) is 27.9 Å². The SMILES string of the molecule is CCCCOc1ccc(S(=O)(=O)N(CCC)CCOc2ccc(CCC(=O)O)c(CN3C(=O)c4ccccc4C3=O)c2)cc1. The fraction of sp³-hybridized carbons (Fsp3) is 0.364. The molecule has 3 aromatic carbocycles. The van der Waals surface area contributed by atoms with Crippen LogP contribution >= 0.6 is 0 Å². The van der Waals surface area contributed by atoms with Gasteiger partial charge >= 0.3 is 5.97 Å². The summed E-state index contributed by atoms with van der Waals surface area (Å²) in [6.45, 7) is 4.95. The molecule has 0 aromatic heterocycles. The van der Waals surface area contributed by atoms with Gasteiger partial charge in [-0.1, -0.05) is 38.5 Å². The number of fused-ring (bicyclic) bond motifs is 1. The normalized spacial score (nSPS) is 12.9. The van der Waals surface area contributed by atoms with Gasteiger partial charge in [-0.25, -0.2) is 8.42 Å². The summed E-state index contributed by atoms with van der Waals surface area (Å²) in [6.07, 6.45) is 2.62. The van der Waals surface area contributed by atoms with Gasteiger partial charge in [0.2, 0.25) is 10.0 Å². The summed E-state index contributed by atoms with van der Waals surface area (Å²) >= 11 is 0. The number of benzene rings is 3. The number of rotatable bonds is 17. The highest BCUT2D eigenvalue weighted by Gasteiger charge is 2.35.